The molecule has 2 amide bonds. The lowest BCUT2D eigenvalue weighted by Crippen LogP contribution is -2.66. The van der Waals surface area contributed by atoms with Crippen LogP contribution in [0, 0.1) is 0 Å². The number of rotatable bonds is 3. The fourth-order valence-electron chi connectivity index (χ4n) is 2.48. The number of piperidine rings is 1. The fraction of sp³-hybridized carbons (Fsp3) is 0.857. The van der Waals surface area contributed by atoms with Crippen molar-refractivity contribution in [3.8, 4) is 0 Å². The Balaban J connectivity index is 2.82. The van der Waals surface area contributed by atoms with E-state index in [1.807, 2.05) is 34.6 Å². The van der Waals surface area contributed by atoms with Crippen molar-refractivity contribution in [1.82, 2.24) is 10.2 Å². The highest BCUT2D eigenvalue weighted by Crippen LogP contribution is 2.23. The van der Waals surface area contributed by atoms with Crippen LogP contribution in [0.5, 0.6) is 0 Å². The second-order valence-corrected chi connectivity index (χ2v) is 6.75. The first-order valence-corrected chi connectivity index (χ1v) is 7.11. The van der Waals surface area contributed by atoms with Crippen molar-refractivity contribution in [3.05, 3.63) is 0 Å². The van der Waals surface area contributed by atoms with E-state index in [0.29, 0.717) is 13.0 Å². The largest absolute Gasteiger partial charge is 0.444 e. The summed E-state index contributed by atoms with van der Waals surface area (Å²) < 4.78 is 5.36. The van der Waals surface area contributed by atoms with Crippen LogP contribution in [-0.4, -0.2) is 47.2 Å². The predicted molar refractivity (Wildman–Crippen MR) is 77.2 cm³/mol. The number of carbonyl (C=O) groups is 2. The Morgan fingerprint density at radius 2 is 1.95 bits per heavy atom. The Morgan fingerprint density at radius 1 is 1.35 bits per heavy atom. The molecule has 6 nitrogen and oxygen atoms in total. The van der Waals surface area contributed by atoms with Crippen molar-refractivity contribution in [1.29, 1.82) is 0 Å². The van der Waals surface area contributed by atoms with Crippen LogP contribution < -0.4 is 11.1 Å². The molecule has 1 atom stereocenters. The number of hydrogen-bond donors (Lipinski definition) is 2. The third kappa shape index (κ3) is 4.37. The molecule has 20 heavy (non-hydrogen) atoms. The van der Waals surface area contributed by atoms with E-state index in [9.17, 15) is 9.59 Å². The lowest BCUT2D eigenvalue weighted by atomic mass is 9.87. The van der Waals surface area contributed by atoms with Gasteiger partial charge in [0.1, 0.15) is 11.1 Å². The van der Waals surface area contributed by atoms with Gasteiger partial charge in [0.2, 0.25) is 5.91 Å². The third-order valence-electron chi connectivity index (χ3n) is 3.18. The molecular weight excluding hydrogens is 258 g/mol. The molecular formula is C14H27N3O3. The summed E-state index contributed by atoms with van der Waals surface area (Å²) in [5, 5.41) is 3.22. The second-order valence-electron chi connectivity index (χ2n) is 6.75. The summed E-state index contributed by atoms with van der Waals surface area (Å²) in [6, 6.07) is 0.112. The number of primary amides is 1. The Morgan fingerprint density at radius 3 is 2.40 bits per heavy atom. The molecule has 0 spiro atoms. The maximum atomic E-state index is 12.1. The van der Waals surface area contributed by atoms with Crippen LogP contribution in [0.1, 0.15) is 47.5 Å². The summed E-state index contributed by atoms with van der Waals surface area (Å²) in [5.74, 6) is -0.417. The van der Waals surface area contributed by atoms with Crippen molar-refractivity contribution in [2.45, 2.75) is 64.6 Å². The Bertz CT molecular complexity index is 376. The summed E-state index contributed by atoms with van der Waals surface area (Å²) in [5.41, 5.74) is 4.16. The van der Waals surface area contributed by atoms with Crippen LogP contribution >= 0.6 is 0 Å². The standard InChI is InChI=1S/C14H27N3O3/c1-10(2)16-14(11(15)18)7-6-8-17(9-14)12(19)20-13(3,4)5/h10,16H,6-9H2,1-5H3,(H2,15,18). The molecule has 0 radical (unpaired) electrons. The zero-order valence-electron chi connectivity index (χ0n) is 13.2. The molecule has 1 aliphatic heterocycles. The first-order valence-electron chi connectivity index (χ1n) is 7.11. The number of nitrogens with one attached hydrogen (secondary N) is 1. The van der Waals surface area contributed by atoms with Crippen LogP contribution in [0.3, 0.4) is 0 Å². The van der Waals surface area contributed by atoms with Gasteiger partial charge in [0, 0.05) is 12.6 Å². The van der Waals surface area contributed by atoms with E-state index in [-0.39, 0.29) is 12.6 Å². The molecule has 1 fully saturated rings. The molecule has 1 heterocycles. The topological polar surface area (TPSA) is 84.7 Å². The molecule has 1 aliphatic rings. The quantitative estimate of drug-likeness (QED) is 0.817. The van der Waals surface area contributed by atoms with Crippen molar-refractivity contribution in [2.24, 2.45) is 5.73 Å². The predicted octanol–water partition coefficient (Wildman–Crippen LogP) is 1.24. The first-order chi connectivity index (χ1) is 9.06. The first kappa shape index (κ1) is 16.8. The van der Waals surface area contributed by atoms with Gasteiger partial charge in [-0.1, -0.05) is 0 Å². The highest BCUT2D eigenvalue weighted by Gasteiger charge is 2.43. The number of nitrogens with zero attached hydrogens (tertiary/aromatic N) is 1. The van der Waals surface area contributed by atoms with Gasteiger partial charge in [-0.25, -0.2) is 4.79 Å². The van der Waals surface area contributed by atoms with Gasteiger partial charge in [0.05, 0.1) is 6.54 Å². The molecule has 0 aromatic rings. The Kier molecular flexibility index (Phi) is 5.02. The SMILES string of the molecule is CC(C)NC1(C(N)=O)CCCN(C(=O)OC(C)(C)C)C1. The van der Waals surface area contributed by atoms with Crippen molar-refractivity contribution in [2.75, 3.05) is 13.1 Å². The van der Waals surface area contributed by atoms with Gasteiger partial charge in [-0.15, -0.1) is 0 Å². The van der Waals surface area contributed by atoms with E-state index in [4.69, 9.17) is 10.5 Å². The number of likely N-dealkylation sites (tertiary alicyclic amines) is 1. The Hall–Kier alpha value is -1.30. The van der Waals surface area contributed by atoms with Crippen LogP contribution in [0.15, 0.2) is 0 Å². The lowest BCUT2D eigenvalue weighted by molar-refractivity contribution is -0.127. The number of hydrogen-bond acceptors (Lipinski definition) is 4. The molecule has 3 N–H and O–H groups in total. The average molecular weight is 285 g/mol. The lowest BCUT2D eigenvalue weighted by Gasteiger charge is -2.42. The molecule has 0 aliphatic carbocycles. The van der Waals surface area contributed by atoms with Gasteiger partial charge in [-0.2, -0.15) is 0 Å². The van der Waals surface area contributed by atoms with Crippen LogP contribution in [0.4, 0.5) is 4.79 Å². The van der Waals surface area contributed by atoms with Crippen molar-refractivity contribution in [3.63, 3.8) is 0 Å². The van der Waals surface area contributed by atoms with Crippen LogP contribution in [-0.2, 0) is 9.53 Å². The zero-order valence-corrected chi connectivity index (χ0v) is 13.2. The van der Waals surface area contributed by atoms with Gasteiger partial charge in [0.25, 0.3) is 0 Å². The molecule has 116 valence electrons. The average Bonchev–Trinajstić information content (AvgIpc) is 2.25. The van der Waals surface area contributed by atoms with E-state index in [2.05, 4.69) is 5.32 Å². The summed E-state index contributed by atoms with van der Waals surface area (Å²) in [4.78, 5) is 25.5. The molecule has 0 aromatic heterocycles. The van der Waals surface area contributed by atoms with Crippen LogP contribution in [0.2, 0.25) is 0 Å². The highest BCUT2D eigenvalue weighted by atomic mass is 16.6. The van der Waals surface area contributed by atoms with E-state index in [1.165, 1.54) is 0 Å². The molecule has 1 unspecified atom stereocenters. The third-order valence-corrected chi connectivity index (χ3v) is 3.18. The number of amides is 2. The minimum atomic E-state index is -0.858. The highest BCUT2D eigenvalue weighted by molar-refractivity contribution is 5.86. The summed E-state index contributed by atoms with van der Waals surface area (Å²) in [6.07, 6.45) is 0.968. The summed E-state index contributed by atoms with van der Waals surface area (Å²) >= 11 is 0. The smallest absolute Gasteiger partial charge is 0.410 e. The molecule has 1 rings (SSSR count). The van der Waals surface area contributed by atoms with Crippen molar-refractivity contribution >= 4 is 12.0 Å². The number of carbonyl (C=O) groups excluding carboxylic acids is 2. The maximum Gasteiger partial charge on any atom is 0.410 e. The number of nitrogens with two attached hydrogens (primary N) is 1. The normalized spacial score (nSPS) is 23.8. The van der Waals surface area contributed by atoms with Gasteiger partial charge >= 0.3 is 6.09 Å². The van der Waals surface area contributed by atoms with E-state index in [1.54, 1.807) is 4.90 Å². The fourth-order valence-corrected chi connectivity index (χ4v) is 2.48. The van der Waals surface area contributed by atoms with E-state index in [0.717, 1.165) is 6.42 Å². The monoisotopic (exact) mass is 285 g/mol. The zero-order chi connectivity index (χ0) is 15.6. The second kappa shape index (κ2) is 5.99. The minimum absolute atomic E-state index is 0.112. The van der Waals surface area contributed by atoms with Gasteiger partial charge in [0.15, 0.2) is 0 Å². The Labute approximate surface area is 121 Å². The van der Waals surface area contributed by atoms with Gasteiger partial charge in [-0.3, -0.25) is 10.1 Å². The summed E-state index contributed by atoms with van der Waals surface area (Å²) in [6.45, 7) is 10.2. The van der Waals surface area contributed by atoms with Crippen LogP contribution in [0.25, 0.3) is 0 Å². The van der Waals surface area contributed by atoms with Gasteiger partial charge < -0.3 is 15.4 Å². The number of ether oxygens (including phenoxy) is 1. The molecule has 0 saturated carbocycles. The van der Waals surface area contributed by atoms with E-state index < -0.39 is 23.1 Å². The maximum absolute atomic E-state index is 12.1. The minimum Gasteiger partial charge on any atom is -0.444 e. The molecule has 0 bridgehead atoms. The summed E-state index contributed by atoms with van der Waals surface area (Å²) in [7, 11) is 0. The molecule has 0 aromatic carbocycles. The van der Waals surface area contributed by atoms with Gasteiger partial charge in [-0.05, 0) is 47.5 Å². The van der Waals surface area contributed by atoms with E-state index >= 15 is 0 Å². The molecule has 6 heteroatoms. The van der Waals surface area contributed by atoms with Crippen molar-refractivity contribution < 1.29 is 14.3 Å². The molecule has 1 saturated heterocycles.